The minimum absolute atomic E-state index is 0. The van der Waals surface area contributed by atoms with Crippen molar-refractivity contribution in [3.63, 3.8) is 0 Å². The van der Waals surface area contributed by atoms with Crippen molar-refractivity contribution in [2.24, 2.45) is 5.73 Å². The highest BCUT2D eigenvalue weighted by Crippen LogP contribution is 2.20. The number of carbonyl (C=O) groups is 1. The topological polar surface area (TPSA) is 76.2 Å². The number of imidazole rings is 1. The fraction of sp³-hybridized carbons (Fsp3) is 0.714. The number of likely N-dealkylation sites (tertiary alicyclic amines) is 1. The lowest BCUT2D eigenvalue weighted by Crippen LogP contribution is -2.46. The summed E-state index contributed by atoms with van der Waals surface area (Å²) in [5.41, 5.74) is 5.35. The average Bonchev–Trinajstić information content (AvgIpc) is 2.95. The van der Waals surface area contributed by atoms with Gasteiger partial charge in [-0.2, -0.15) is 8.78 Å². The van der Waals surface area contributed by atoms with E-state index in [1.165, 1.54) is 12.4 Å². The number of nitrogens with one attached hydrogen (secondary N) is 1. The van der Waals surface area contributed by atoms with Gasteiger partial charge >= 0.3 is 6.55 Å². The number of alkyl halides is 2. The first-order chi connectivity index (χ1) is 10.6. The molecule has 0 aromatic carbocycles. The van der Waals surface area contributed by atoms with Gasteiger partial charge in [0.05, 0.1) is 6.54 Å². The molecule has 0 spiro atoms. The smallest absolute Gasteiger partial charge is 0.319 e. The molecule has 140 valence electrons. The Labute approximate surface area is 153 Å². The molecule has 1 fully saturated rings. The summed E-state index contributed by atoms with van der Waals surface area (Å²) in [6, 6.07) is 0.151. The van der Waals surface area contributed by atoms with Crippen molar-refractivity contribution in [2.45, 2.75) is 44.8 Å². The quantitative estimate of drug-likeness (QED) is 0.749. The van der Waals surface area contributed by atoms with Crippen molar-refractivity contribution < 1.29 is 13.6 Å². The maximum absolute atomic E-state index is 12.9. The highest BCUT2D eigenvalue weighted by Gasteiger charge is 2.25. The third kappa shape index (κ3) is 6.51. The van der Waals surface area contributed by atoms with E-state index in [0.29, 0.717) is 31.9 Å². The molecule has 0 saturated carbocycles. The molecule has 1 saturated heterocycles. The average molecular weight is 388 g/mol. The molecular formula is C14H25Cl2F2N5O. The summed E-state index contributed by atoms with van der Waals surface area (Å²) in [6.45, 7) is -0.535. The van der Waals surface area contributed by atoms with Crippen molar-refractivity contribution in [3.8, 4) is 0 Å². The molecule has 24 heavy (non-hydrogen) atoms. The van der Waals surface area contributed by atoms with Crippen LogP contribution in [0.2, 0.25) is 0 Å². The number of aromatic nitrogens is 2. The van der Waals surface area contributed by atoms with Gasteiger partial charge in [0.2, 0.25) is 5.91 Å². The minimum atomic E-state index is -2.58. The zero-order valence-electron chi connectivity index (χ0n) is 13.4. The monoisotopic (exact) mass is 387 g/mol. The minimum Gasteiger partial charge on any atom is -0.354 e. The first-order valence-electron chi connectivity index (χ1n) is 7.62. The van der Waals surface area contributed by atoms with E-state index in [4.69, 9.17) is 5.73 Å². The van der Waals surface area contributed by atoms with Crippen LogP contribution in [0.25, 0.3) is 0 Å². The van der Waals surface area contributed by atoms with Gasteiger partial charge in [-0.05, 0) is 19.4 Å². The number of carbonyl (C=O) groups excluding carboxylic acids is 1. The molecule has 1 atom stereocenters. The number of nitrogens with zero attached hydrogens (tertiary/aromatic N) is 3. The summed E-state index contributed by atoms with van der Waals surface area (Å²) in [5.74, 6) is 0.289. The maximum atomic E-state index is 12.9. The molecule has 1 aliphatic heterocycles. The maximum Gasteiger partial charge on any atom is 0.319 e. The second-order valence-electron chi connectivity index (χ2n) is 5.49. The third-order valence-electron chi connectivity index (χ3n) is 3.96. The number of rotatable bonds is 7. The van der Waals surface area contributed by atoms with E-state index in [1.54, 1.807) is 0 Å². The van der Waals surface area contributed by atoms with Gasteiger partial charge in [-0.1, -0.05) is 6.42 Å². The van der Waals surface area contributed by atoms with E-state index in [0.717, 1.165) is 30.4 Å². The molecule has 1 aromatic heterocycles. The van der Waals surface area contributed by atoms with Crippen LogP contribution in [0.4, 0.5) is 8.78 Å². The molecule has 1 unspecified atom stereocenters. The van der Waals surface area contributed by atoms with Crippen LogP contribution in [0.15, 0.2) is 12.4 Å². The Balaban J connectivity index is 0.00000264. The number of hydrogen-bond donors (Lipinski definition) is 2. The summed E-state index contributed by atoms with van der Waals surface area (Å²) in [6.07, 6.45) is 6.05. The Morgan fingerprint density at radius 2 is 2.17 bits per heavy atom. The Kier molecular flexibility index (Phi) is 11.1. The van der Waals surface area contributed by atoms with E-state index in [9.17, 15) is 13.6 Å². The second kappa shape index (κ2) is 11.6. The molecule has 1 amide bonds. The Bertz CT molecular complexity index is 489. The normalized spacial score (nSPS) is 17.9. The summed E-state index contributed by atoms with van der Waals surface area (Å²) in [4.78, 5) is 17.7. The van der Waals surface area contributed by atoms with Crippen molar-refractivity contribution in [1.29, 1.82) is 0 Å². The van der Waals surface area contributed by atoms with Gasteiger partial charge in [-0.3, -0.25) is 14.3 Å². The number of hydrogen-bond acceptors (Lipinski definition) is 4. The van der Waals surface area contributed by atoms with Gasteiger partial charge in [0.15, 0.2) is 0 Å². The third-order valence-corrected chi connectivity index (χ3v) is 3.96. The largest absolute Gasteiger partial charge is 0.354 e. The standard InChI is InChI=1S/C14H23F2N5O.2ClH/c15-14(16)21-8-6-18-12(21)10-20-7-2-1-3-11(20)9-19-13(22)4-5-17;;/h6,8,11,14H,1-5,7,9-10,17H2,(H,19,22);2*1H. The van der Waals surface area contributed by atoms with Crippen molar-refractivity contribution in [2.75, 3.05) is 19.6 Å². The highest BCUT2D eigenvalue weighted by molar-refractivity contribution is 5.85. The van der Waals surface area contributed by atoms with Gasteiger partial charge < -0.3 is 11.1 Å². The molecule has 2 heterocycles. The van der Waals surface area contributed by atoms with Crippen LogP contribution < -0.4 is 11.1 Å². The Morgan fingerprint density at radius 3 is 2.83 bits per heavy atom. The van der Waals surface area contributed by atoms with E-state index in [2.05, 4.69) is 15.2 Å². The summed E-state index contributed by atoms with van der Waals surface area (Å²) in [7, 11) is 0. The number of halogens is 4. The van der Waals surface area contributed by atoms with E-state index in [1.807, 2.05) is 0 Å². The van der Waals surface area contributed by atoms with Crippen molar-refractivity contribution >= 4 is 30.7 Å². The molecule has 10 heteroatoms. The number of amides is 1. The summed E-state index contributed by atoms with van der Waals surface area (Å²) in [5, 5.41) is 2.86. The van der Waals surface area contributed by atoms with Gasteiger partial charge in [0.25, 0.3) is 0 Å². The van der Waals surface area contributed by atoms with Gasteiger partial charge in [-0.15, -0.1) is 24.8 Å². The molecule has 1 aromatic rings. The molecule has 0 radical (unpaired) electrons. The summed E-state index contributed by atoms with van der Waals surface area (Å²) < 4.78 is 26.7. The molecule has 0 bridgehead atoms. The molecular weight excluding hydrogens is 363 g/mol. The molecule has 6 nitrogen and oxygen atoms in total. The highest BCUT2D eigenvalue weighted by atomic mass is 35.5. The lowest BCUT2D eigenvalue weighted by Gasteiger charge is -2.35. The molecule has 2 rings (SSSR count). The SMILES string of the molecule is Cl.Cl.NCCC(=O)NCC1CCCCN1Cc1nccn1C(F)F. The fourth-order valence-electron chi connectivity index (χ4n) is 2.78. The molecule has 1 aliphatic rings. The number of nitrogens with two attached hydrogens (primary N) is 1. The van der Waals surface area contributed by atoms with Gasteiger partial charge in [0.1, 0.15) is 5.82 Å². The predicted octanol–water partition coefficient (Wildman–Crippen LogP) is 1.94. The molecule has 0 aliphatic carbocycles. The fourth-order valence-corrected chi connectivity index (χ4v) is 2.78. The van der Waals surface area contributed by atoms with Crippen LogP contribution in [0.3, 0.4) is 0 Å². The van der Waals surface area contributed by atoms with E-state index in [-0.39, 0.29) is 36.8 Å². The lowest BCUT2D eigenvalue weighted by atomic mass is 10.0. The second-order valence-corrected chi connectivity index (χ2v) is 5.49. The Morgan fingerprint density at radius 1 is 1.42 bits per heavy atom. The lowest BCUT2D eigenvalue weighted by molar-refractivity contribution is -0.121. The van der Waals surface area contributed by atoms with Gasteiger partial charge in [0, 0.05) is 37.9 Å². The van der Waals surface area contributed by atoms with Gasteiger partial charge in [-0.25, -0.2) is 4.98 Å². The van der Waals surface area contributed by atoms with Crippen LogP contribution >= 0.6 is 24.8 Å². The van der Waals surface area contributed by atoms with Crippen LogP contribution in [0, 0.1) is 0 Å². The van der Waals surface area contributed by atoms with Crippen LogP contribution in [0.5, 0.6) is 0 Å². The first-order valence-corrected chi connectivity index (χ1v) is 7.62. The van der Waals surface area contributed by atoms with Crippen molar-refractivity contribution in [3.05, 3.63) is 18.2 Å². The predicted molar refractivity (Wildman–Crippen MR) is 92.7 cm³/mol. The Hall–Kier alpha value is -0.960. The van der Waals surface area contributed by atoms with E-state index < -0.39 is 6.55 Å². The van der Waals surface area contributed by atoms with Crippen molar-refractivity contribution in [1.82, 2.24) is 19.8 Å². The number of piperidine rings is 1. The van der Waals surface area contributed by atoms with E-state index >= 15 is 0 Å². The zero-order chi connectivity index (χ0) is 15.9. The first kappa shape index (κ1) is 23.0. The van der Waals surface area contributed by atoms with Crippen LogP contribution in [0.1, 0.15) is 38.1 Å². The zero-order valence-corrected chi connectivity index (χ0v) is 15.0. The summed E-state index contributed by atoms with van der Waals surface area (Å²) >= 11 is 0. The molecule has 3 N–H and O–H groups in total. The van der Waals surface area contributed by atoms with Crippen LogP contribution in [-0.4, -0.2) is 46.0 Å². The van der Waals surface area contributed by atoms with Crippen LogP contribution in [-0.2, 0) is 11.3 Å².